The van der Waals surface area contributed by atoms with Crippen LogP contribution in [0.2, 0.25) is 5.02 Å². The molecule has 0 unspecified atom stereocenters. The molecule has 3 rings (SSSR count). The number of halogens is 2. The van der Waals surface area contributed by atoms with E-state index < -0.39 is 41.0 Å². The second-order valence-electron chi connectivity index (χ2n) is 9.29. The monoisotopic (exact) mass is 490 g/mol. The van der Waals surface area contributed by atoms with Crippen molar-refractivity contribution in [2.24, 2.45) is 0 Å². The smallest absolute Gasteiger partial charge is 0.408 e. The zero-order valence-corrected chi connectivity index (χ0v) is 20.5. The first-order valence-electron chi connectivity index (χ1n) is 10.9. The van der Waals surface area contributed by atoms with Gasteiger partial charge in [-0.1, -0.05) is 35.9 Å². The normalized spacial score (nSPS) is 15.1. The first-order chi connectivity index (χ1) is 15.9. The Morgan fingerprint density at radius 1 is 1.15 bits per heavy atom. The lowest BCUT2D eigenvalue weighted by molar-refractivity contribution is -0.124. The third kappa shape index (κ3) is 5.67. The van der Waals surface area contributed by atoms with Gasteiger partial charge in [0.1, 0.15) is 17.0 Å². The second-order valence-corrected chi connectivity index (χ2v) is 9.70. The Bertz CT molecular complexity index is 1120. The summed E-state index contributed by atoms with van der Waals surface area (Å²) < 4.78 is 25.1. The third-order valence-corrected chi connectivity index (χ3v) is 5.77. The first kappa shape index (κ1) is 25.5. The Morgan fingerprint density at radius 3 is 2.38 bits per heavy atom. The number of methoxy groups -OCH3 is 1. The van der Waals surface area contributed by atoms with Crippen LogP contribution in [0.25, 0.3) is 11.1 Å². The quantitative estimate of drug-likeness (QED) is 0.545. The van der Waals surface area contributed by atoms with E-state index in [1.165, 1.54) is 13.2 Å². The van der Waals surface area contributed by atoms with Gasteiger partial charge in [0.15, 0.2) is 0 Å². The fourth-order valence-corrected chi connectivity index (χ4v) is 3.82. The van der Waals surface area contributed by atoms with E-state index in [4.69, 9.17) is 21.1 Å². The lowest BCUT2D eigenvalue weighted by Crippen LogP contribution is -2.50. The van der Waals surface area contributed by atoms with Gasteiger partial charge < -0.3 is 20.1 Å². The molecule has 0 spiro atoms. The Morgan fingerprint density at radius 2 is 1.82 bits per heavy atom. The molecule has 1 fully saturated rings. The number of carbonyl (C=O) groups is 3. The van der Waals surface area contributed by atoms with Crippen LogP contribution < -0.4 is 10.6 Å². The molecule has 1 atom stereocenters. The first-order valence-corrected chi connectivity index (χ1v) is 11.2. The van der Waals surface area contributed by atoms with Crippen LogP contribution >= 0.6 is 11.6 Å². The van der Waals surface area contributed by atoms with Gasteiger partial charge in [0, 0.05) is 5.56 Å². The van der Waals surface area contributed by atoms with Crippen molar-refractivity contribution < 1.29 is 28.2 Å². The SMILES string of the molecule is COC(=O)c1c(Cl)cccc1-c1ccc([C@@H](C)NC(=O)C2(NC(=O)OC(C)(C)C)CC2)c(F)c1. The molecule has 2 N–H and O–H groups in total. The molecule has 1 aliphatic rings. The predicted octanol–water partition coefficient (Wildman–Crippen LogP) is 5.17. The molecule has 0 aromatic heterocycles. The Labute approximate surface area is 203 Å². The summed E-state index contributed by atoms with van der Waals surface area (Å²) in [5.74, 6) is -1.60. The Hall–Kier alpha value is -3.13. The summed E-state index contributed by atoms with van der Waals surface area (Å²) in [6.07, 6.45) is 0.264. The molecule has 0 heterocycles. The molecular formula is C25H28ClFN2O5. The fraction of sp³-hybridized carbons (Fsp3) is 0.400. The number of carbonyl (C=O) groups excluding carboxylic acids is 3. The van der Waals surface area contributed by atoms with Gasteiger partial charge in [-0.05, 0) is 63.8 Å². The highest BCUT2D eigenvalue weighted by molar-refractivity contribution is 6.34. The van der Waals surface area contributed by atoms with E-state index in [1.54, 1.807) is 58.0 Å². The summed E-state index contributed by atoms with van der Waals surface area (Å²) in [6.45, 7) is 6.85. The van der Waals surface area contributed by atoms with Gasteiger partial charge in [0.05, 0.1) is 23.7 Å². The van der Waals surface area contributed by atoms with Gasteiger partial charge in [-0.15, -0.1) is 0 Å². The predicted molar refractivity (Wildman–Crippen MR) is 126 cm³/mol. The van der Waals surface area contributed by atoms with Crippen LogP contribution in [0.15, 0.2) is 36.4 Å². The molecular weight excluding hydrogens is 463 g/mol. The van der Waals surface area contributed by atoms with Crippen molar-refractivity contribution in [2.45, 2.75) is 57.7 Å². The molecule has 1 saturated carbocycles. The zero-order chi connectivity index (χ0) is 25.3. The number of alkyl carbamates (subject to hydrolysis) is 1. The number of hydrogen-bond acceptors (Lipinski definition) is 5. The summed E-state index contributed by atoms with van der Waals surface area (Å²) in [5.41, 5.74) is -0.474. The number of rotatable bonds is 6. The average Bonchev–Trinajstić information content (AvgIpc) is 3.51. The van der Waals surface area contributed by atoms with E-state index in [9.17, 15) is 14.4 Å². The van der Waals surface area contributed by atoms with Crippen LogP contribution in [0.1, 0.15) is 62.5 Å². The highest BCUT2D eigenvalue weighted by Gasteiger charge is 2.52. The number of hydrogen-bond donors (Lipinski definition) is 2. The largest absolute Gasteiger partial charge is 0.465 e. The topological polar surface area (TPSA) is 93.7 Å². The lowest BCUT2D eigenvalue weighted by atomic mass is 9.96. The number of nitrogens with one attached hydrogen (secondary N) is 2. The summed E-state index contributed by atoms with van der Waals surface area (Å²) in [7, 11) is 1.24. The van der Waals surface area contributed by atoms with Crippen LogP contribution in [0.5, 0.6) is 0 Å². The molecule has 0 radical (unpaired) electrons. The van der Waals surface area contributed by atoms with Crippen LogP contribution in [0.4, 0.5) is 9.18 Å². The van der Waals surface area contributed by atoms with Gasteiger partial charge in [0.25, 0.3) is 0 Å². The summed E-state index contributed by atoms with van der Waals surface area (Å²) in [6, 6.07) is 8.66. The lowest BCUT2D eigenvalue weighted by Gasteiger charge is -2.24. The van der Waals surface area contributed by atoms with Crippen molar-refractivity contribution in [1.29, 1.82) is 0 Å². The minimum Gasteiger partial charge on any atom is -0.465 e. The van der Waals surface area contributed by atoms with E-state index in [2.05, 4.69) is 10.6 Å². The van der Waals surface area contributed by atoms with E-state index in [-0.39, 0.29) is 16.1 Å². The molecule has 2 aromatic rings. The maximum atomic E-state index is 15.1. The fourth-order valence-electron chi connectivity index (χ4n) is 3.57. The molecule has 0 aliphatic heterocycles. The summed E-state index contributed by atoms with van der Waals surface area (Å²) in [4.78, 5) is 37.1. The molecule has 34 heavy (non-hydrogen) atoms. The van der Waals surface area contributed by atoms with Gasteiger partial charge >= 0.3 is 12.1 Å². The molecule has 0 saturated heterocycles. The maximum Gasteiger partial charge on any atom is 0.408 e. The number of ether oxygens (including phenoxy) is 2. The van der Waals surface area contributed by atoms with Crippen molar-refractivity contribution in [1.82, 2.24) is 10.6 Å². The van der Waals surface area contributed by atoms with E-state index in [1.807, 2.05) is 0 Å². The summed E-state index contributed by atoms with van der Waals surface area (Å²) >= 11 is 6.17. The Balaban J connectivity index is 1.76. The van der Waals surface area contributed by atoms with E-state index >= 15 is 4.39 Å². The van der Waals surface area contributed by atoms with Crippen LogP contribution in [0.3, 0.4) is 0 Å². The van der Waals surface area contributed by atoms with Gasteiger partial charge in [0.2, 0.25) is 5.91 Å². The van der Waals surface area contributed by atoms with Crippen LogP contribution in [0, 0.1) is 5.82 Å². The molecule has 2 aromatic carbocycles. The maximum absolute atomic E-state index is 15.1. The standard InChI is InChI=1S/C25H28ClFN2O5/c1-14(28-22(31)25(11-12-25)29-23(32)34-24(2,3)4)16-10-9-15(13-19(16)27)17-7-6-8-18(26)20(17)21(30)33-5/h6-10,13-14H,11-12H2,1-5H3,(H,28,31)(H,29,32)/t14-/m1/s1. The van der Waals surface area contributed by atoms with E-state index in [0.29, 0.717) is 24.0 Å². The van der Waals surface area contributed by atoms with Gasteiger partial charge in [-0.3, -0.25) is 4.79 Å². The van der Waals surface area contributed by atoms with Crippen LogP contribution in [-0.2, 0) is 14.3 Å². The summed E-state index contributed by atoms with van der Waals surface area (Å²) in [5, 5.41) is 5.60. The molecule has 7 nitrogen and oxygen atoms in total. The molecule has 9 heteroatoms. The van der Waals surface area contributed by atoms with Crippen molar-refractivity contribution >= 4 is 29.6 Å². The van der Waals surface area contributed by atoms with Crippen molar-refractivity contribution in [2.75, 3.05) is 7.11 Å². The third-order valence-electron chi connectivity index (χ3n) is 5.45. The minimum atomic E-state index is -1.05. The number of esters is 1. The highest BCUT2D eigenvalue weighted by atomic mass is 35.5. The minimum absolute atomic E-state index is 0.143. The number of benzene rings is 2. The number of amides is 2. The van der Waals surface area contributed by atoms with Gasteiger partial charge in [-0.25, -0.2) is 14.0 Å². The Kier molecular flexibility index (Phi) is 7.21. The zero-order valence-electron chi connectivity index (χ0n) is 19.8. The molecule has 1 aliphatic carbocycles. The van der Waals surface area contributed by atoms with Crippen molar-refractivity contribution in [3.63, 3.8) is 0 Å². The average molecular weight is 491 g/mol. The highest BCUT2D eigenvalue weighted by Crippen LogP contribution is 2.37. The van der Waals surface area contributed by atoms with Crippen molar-refractivity contribution in [3.8, 4) is 11.1 Å². The second kappa shape index (κ2) is 9.62. The molecule has 2 amide bonds. The molecule has 182 valence electrons. The van der Waals surface area contributed by atoms with Gasteiger partial charge in [-0.2, -0.15) is 0 Å². The van der Waals surface area contributed by atoms with E-state index in [0.717, 1.165) is 0 Å². The molecule has 0 bridgehead atoms. The van der Waals surface area contributed by atoms with Crippen molar-refractivity contribution in [3.05, 3.63) is 58.4 Å². The van der Waals surface area contributed by atoms with Crippen LogP contribution in [-0.4, -0.2) is 36.2 Å².